The molecule has 2 aromatic rings. The van der Waals surface area contributed by atoms with Gasteiger partial charge in [-0.2, -0.15) is 0 Å². The molecule has 0 bridgehead atoms. The maximum Gasteiger partial charge on any atom is 0.277 e. The van der Waals surface area contributed by atoms with Crippen LogP contribution >= 0.6 is 12.4 Å². The second kappa shape index (κ2) is 5.31. The zero-order valence-electron chi connectivity index (χ0n) is 8.51. The molecular weight excluding hydrogens is 249 g/mol. The molecule has 0 aliphatic rings. The first-order chi connectivity index (χ1) is 7.66. The van der Waals surface area contributed by atoms with Gasteiger partial charge in [-0.05, 0) is 24.3 Å². The molecule has 0 saturated heterocycles. The van der Waals surface area contributed by atoms with E-state index < -0.39 is 5.56 Å². The van der Waals surface area contributed by atoms with Crippen molar-refractivity contribution in [3.8, 4) is 11.6 Å². The van der Waals surface area contributed by atoms with Gasteiger partial charge in [-0.3, -0.25) is 4.79 Å². The molecule has 0 unspecified atom stereocenters. The van der Waals surface area contributed by atoms with Gasteiger partial charge in [0.25, 0.3) is 5.56 Å². The van der Waals surface area contributed by atoms with E-state index in [0.717, 1.165) is 0 Å². The van der Waals surface area contributed by atoms with Crippen LogP contribution in [0.4, 0.5) is 10.1 Å². The molecule has 0 fully saturated rings. The Morgan fingerprint density at radius 1 is 1.29 bits per heavy atom. The monoisotopic (exact) mass is 257 g/mol. The Bertz CT molecular complexity index is 556. The minimum atomic E-state index is -0.480. The second-order valence-corrected chi connectivity index (χ2v) is 3.01. The summed E-state index contributed by atoms with van der Waals surface area (Å²) in [7, 11) is 0. The summed E-state index contributed by atoms with van der Waals surface area (Å²) in [5, 5.41) is 0. The lowest BCUT2D eigenvalue weighted by Crippen LogP contribution is -2.13. The van der Waals surface area contributed by atoms with Crippen LogP contribution in [-0.2, 0) is 0 Å². The third-order valence-corrected chi connectivity index (χ3v) is 1.88. The molecule has 3 N–H and O–H groups in total. The first kappa shape index (κ1) is 13.0. The van der Waals surface area contributed by atoms with Gasteiger partial charge in [-0.15, -0.1) is 12.4 Å². The molecule has 90 valence electrons. The van der Waals surface area contributed by atoms with E-state index in [1.807, 2.05) is 0 Å². The van der Waals surface area contributed by atoms with Crippen molar-refractivity contribution in [3.63, 3.8) is 0 Å². The Balaban J connectivity index is 0.00000144. The van der Waals surface area contributed by atoms with Crippen LogP contribution in [0.5, 0.6) is 11.6 Å². The topological polar surface area (TPSA) is 81.0 Å². The van der Waals surface area contributed by atoms with Crippen molar-refractivity contribution in [1.29, 1.82) is 0 Å². The van der Waals surface area contributed by atoms with Crippen LogP contribution in [0.25, 0.3) is 0 Å². The second-order valence-electron chi connectivity index (χ2n) is 3.01. The summed E-state index contributed by atoms with van der Waals surface area (Å²) < 4.78 is 17.8. The highest BCUT2D eigenvalue weighted by atomic mass is 35.5. The van der Waals surface area contributed by atoms with Crippen LogP contribution in [0.3, 0.4) is 0 Å². The molecule has 2 rings (SSSR count). The van der Waals surface area contributed by atoms with Gasteiger partial charge in [0.1, 0.15) is 11.6 Å². The maximum atomic E-state index is 12.6. The molecule has 0 amide bonds. The van der Waals surface area contributed by atoms with Crippen LogP contribution in [0.2, 0.25) is 0 Å². The van der Waals surface area contributed by atoms with E-state index >= 15 is 0 Å². The van der Waals surface area contributed by atoms with Gasteiger partial charge in [0, 0.05) is 0 Å². The molecule has 0 saturated carbocycles. The fourth-order valence-corrected chi connectivity index (χ4v) is 1.09. The zero-order valence-corrected chi connectivity index (χ0v) is 9.33. The minimum Gasteiger partial charge on any atom is -0.437 e. The van der Waals surface area contributed by atoms with Crippen LogP contribution in [0.15, 0.2) is 35.4 Å². The summed E-state index contributed by atoms with van der Waals surface area (Å²) in [6.07, 6.45) is 1.18. The number of nitrogen functional groups attached to an aromatic ring is 1. The number of aromatic amines is 1. The number of anilines is 1. The highest BCUT2D eigenvalue weighted by Crippen LogP contribution is 2.21. The number of ether oxygens (including phenoxy) is 1. The van der Waals surface area contributed by atoms with Crippen molar-refractivity contribution in [2.75, 3.05) is 5.73 Å². The molecule has 0 atom stereocenters. The Labute approximate surface area is 102 Å². The minimum absolute atomic E-state index is 0. The summed E-state index contributed by atoms with van der Waals surface area (Å²) in [5.41, 5.74) is 4.86. The molecule has 1 aromatic heterocycles. The average Bonchev–Trinajstić information content (AvgIpc) is 2.28. The maximum absolute atomic E-state index is 12.6. The molecule has 7 heteroatoms. The van der Waals surface area contributed by atoms with E-state index in [1.165, 1.54) is 30.6 Å². The highest BCUT2D eigenvalue weighted by molar-refractivity contribution is 5.85. The molecule has 0 aliphatic heterocycles. The molecule has 17 heavy (non-hydrogen) atoms. The lowest BCUT2D eigenvalue weighted by molar-refractivity contribution is 0.462. The smallest absolute Gasteiger partial charge is 0.277 e. The predicted octanol–water partition coefficient (Wildman–Crippen LogP) is 1.71. The van der Waals surface area contributed by atoms with E-state index in [1.54, 1.807) is 0 Å². The predicted molar refractivity (Wildman–Crippen MR) is 63.0 cm³/mol. The highest BCUT2D eigenvalue weighted by Gasteiger charge is 2.06. The summed E-state index contributed by atoms with van der Waals surface area (Å²) in [5.74, 6) is -0.0271. The van der Waals surface area contributed by atoms with E-state index in [4.69, 9.17) is 10.5 Å². The van der Waals surface area contributed by atoms with E-state index in [2.05, 4.69) is 9.97 Å². The zero-order chi connectivity index (χ0) is 11.5. The number of rotatable bonds is 2. The Morgan fingerprint density at radius 3 is 2.59 bits per heavy atom. The van der Waals surface area contributed by atoms with E-state index in [9.17, 15) is 9.18 Å². The largest absolute Gasteiger partial charge is 0.437 e. The molecular formula is C10H9ClFN3O2. The van der Waals surface area contributed by atoms with Gasteiger partial charge in [0.05, 0.1) is 6.33 Å². The van der Waals surface area contributed by atoms with Crippen LogP contribution in [0, 0.1) is 5.82 Å². The molecule has 0 radical (unpaired) electrons. The van der Waals surface area contributed by atoms with Crippen molar-refractivity contribution >= 4 is 18.1 Å². The van der Waals surface area contributed by atoms with E-state index in [-0.39, 0.29) is 29.8 Å². The molecule has 0 spiro atoms. The normalized spacial score (nSPS) is 9.47. The Hall–Kier alpha value is -2.08. The Kier molecular flexibility index (Phi) is 4.06. The molecule has 1 aromatic carbocycles. The average molecular weight is 258 g/mol. The van der Waals surface area contributed by atoms with Gasteiger partial charge >= 0.3 is 0 Å². The first-order valence-corrected chi connectivity index (χ1v) is 4.43. The number of nitrogens with one attached hydrogen (secondary N) is 1. The molecule has 0 aliphatic carbocycles. The lowest BCUT2D eigenvalue weighted by Gasteiger charge is -2.05. The third-order valence-electron chi connectivity index (χ3n) is 1.88. The van der Waals surface area contributed by atoms with Crippen molar-refractivity contribution in [2.24, 2.45) is 0 Å². The van der Waals surface area contributed by atoms with Gasteiger partial charge in [-0.1, -0.05) is 0 Å². The van der Waals surface area contributed by atoms with Gasteiger partial charge < -0.3 is 15.5 Å². The summed E-state index contributed by atoms with van der Waals surface area (Å²) >= 11 is 0. The van der Waals surface area contributed by atoms with Gasteiger partial charge in [0.15, 0.2) is 5.69 Å². The number of H-pyrrole nitrogens is 1. The van der Waals surface area contributed by atoms with Crippen LogP contribution < -0.4 is 16.0 Å². The standard InChI is InChI=1S/C10H8FN3O2.ClH/c11-6-1-3-7(4-2-6)16-10-8(12)9(15)13-5-14-10;/h1-5H,12H2,(H,13,14,15);1H. The van der Waals surface area contributed by atoms with Crippen molar-refractivity contribution in [2.45, 2.75) is 0 Å². The summed E-state index contributed by atoms with van der Waals surface area (Å²) in [4.78, 5) is 17.2. The van der Waals surface area contributed by atoms with Gasteiger partial charge in [0.2, 0.25) is 5.88 Å². The third kappa shape index (κ3) is 2.94. The van der Waals surface area contributed by atoms with Crippen molar-refractivity contribution in [3.05, 3.63) is 46.8 Å². The number of nitrogens with zero attached hydrogens (tertiary/aromatic N) is 1. The fourth-order valence-electron chi connectivity index (χ4n) is 1.09. The van der Waals surface area contributed by atoms with Crippen molar-refractivity contribution in [1.82, 2.24) is 9.97 Å². The van der Waals surface area contributed by atoms with Gasteiger partial charge in [-0.25, -0.2) is 9.37 Å². The summed E-state index contributed by atoms with van der Waals surface area (Å²) in [6, 6.07) is 5.30. The number of nitrogens with two attached hydrogens (primary N) is 1. The molecule has 1 heterocycles. The summed E-state index contributed by atoms with van der Waals surface area (Å²) in [6.45, 7) is 0. The number of aromatic nitrogens is 2. The molecule has 5 nitrogen and oxygen atoms in total. The lowest BCUT2D eigenvalue weighted by atomic mass is 10.3. The Morgan fingerprint density at radius 2 is 1.94 bits per heavy atom. The SMILES string of the molecule is Cl.Nc1c(Oc2ccc(F)cc2)nc[nH]c1=O. The van der Waals surface area contributed by atoms with Crippen LogP contribution in [-0.4, -0.2) is 9.97 Å². The van der Waals surface area contributed by atoms with Crippen LogP contribution in [0.1, 0.15) is 0 Å². The number of hydrogen-bond donors (Lipinski definition) is 2. The number of hydrogen-bond acceptors (Lipinski definition) is 4. The fraction of sp³-hybridized carbons (Fsp3) is 0. The quantitative estimate of drug-likeness (QED) is 0.858. The van der Waals surface area contributed by atoms with Crippen molar-refractivity contribution < 1.29 is 9.13 Å². The number of benzene rings is 1. The first-order valence-electron chi connectivity index (χ1n) is 4.43. The number of halogens is 2. The van der Waals surface area contributed by atoms with E-state index in [0.29, 0.717) is 5.75 Å².